The van der Waals surface area contributed by atoms with E-state index in [1.54, 1.807) is 0 Å². The lowest BCUT2D eigenvalue weighted by Gasteiger charge is -2.44. The number of piperidine rings is 1. The van der Waals surface area contributed by atoms with E-state index < -0.39 is 5.60 Å². The molecule has 3 fully saturated rings. The lowest BCUT2D eigenvalue weighted by molar-refractivity contribution is -0.143. The van der Waals surface area contributed by atoms with Gasteiger partial charge < -0.3 is 19.6 Å². The highest BCUT2D eigenvalue weighted by Gasteiger charge is 2.41. The van der Waals surface area contributed by atoms with Crippen molar-refractivity contribution >= 4 is 5.91 Å². The molecule has 2 heterocycles. The number of amides is 1. The number of carbonyl (C=O) groups is 1. The molecule has 0 bridgehead atoms. The van der Waals surface area contributed by atoms with Crippen molar-refractivity contribution in [3.05, 3.63) is 0 Å². The number of hydrogen-bond acceptors (Lipinski definition) is 5. The lowest BCUT2D eigenvalue weighted by atomic mass is 9.76. The van der Waals surface area contributed by atoms with Crippen LogP contribution < -0.4 is 0 Å². The first kappa shape index (κ1) is 19.1. The summed E-state index contributed by atoms with van der Waals surface area (Å²) in [6.45, 7) is 7.47. The predicted octanol–water partition coefficient (Wildman–Crippen LogP) is 0.794. The Kier molecular flexibility index (Phi) is 6.03. The van der Waals surface area contributed by atoms with E-state index in [2.05, 4.69) is 23.9 Å². The Bertz CT molecular complexity index is 457. The molecular formula is C19H35N3O3. The largest absolute Gasteiger partial charge is 0.389 e. The monoisotopic (exact) mass is 353 g/mol. The molecule has 3 aliphatic rings. The van der Waals surface area contributed by atoms with Gasteiger partial charge in [0.05, 0.1) is 25.2 Å². The van der Waals surface area contributed by atoms with Crippen LogP contribution in [-0.2, 0) is 9.53 Å². The van der Waals surface area contributed by atoms with Gasteiger partial charge in [-0.15, -0.1) is 0 Å². The molecule has 25 heavy (non-hydrogen) atoms. The van der Waals surface area contributed by atoms with Crippen molar-refractivity contribution in [3.63, 3.8) is 0 Å². The molecule has 1 spiro atoms. The van der Waals surface area contributed by atoms with E-state index in [0.29, 0.717) is 6.42 Å². The second kappa shape index (κ2) is 7.91. The van der Waals surface area contributed by atoms with Crippen LogP contribution >= 0.6 is 0 Å². The van der Waals surface area contributed by atoms with Crippen LogP contribution in [0.1, 0.15) is 38.5 Å². The van der Waals surface area contributed by atoms with Crippen molar-refractivity contribution in [2.24, 2.45) is 5.41 Å². The van der Waals surface area contributed by atoms with Gasteiger partial charge in [0.2, 0.25) is 5.91 Å². The Balaban J connectivity index is 1.51. The van der Waals surface area contributed by atoms with Crippen LogP contribution in [0.15, 0.2) is 0 Å². The number of hydrogen-bond donors (Lipinski definition) is 1. The van der Waals surface area contributed by atoms with E-state index in [4.69, 9.17) is 4.74 Å². The number of rotatable bonds is 5. The molecule has 1 amide bonds. The van der Waals surface area contributed by atoms with E-state index in [9.17, 15) is 9.90 Å². The highest BCUT2D eigenvalue weighted by molar-refractivity contribution is 5.77. The summed E-state index contributed by atoms with van der Waals surface area (Å²) in [6.07, 6.45) is 4.94. The van der Waals surface area contributed by atoms with Crippen LogP contribution in [0, 0.1) is 5.41 Å². The Labute approximate surface area is 152 Å². The molecule has 144 valence electrons. The predicted molar refractivity (Wildman–Crippen MR) is 97.5 cm³/mol. The maximum absolute atomic E-state index is 12.5. The van der Waals surface area contributed by atoms with Gasteiger partial charge in [-0.1, -0.05) is 0 Å². The number of ether oxygens (including phenoxy) is 1. The molecule has 0 aromatic rings. The summed E-state index contributed by atoms with van der Waals surface area (Å²) in [5.41, 5.74) is -0.520. The van der Waals surface area contributed by atoms with Gasteiger partial charge in [-0.3, -0.25) is 9.69 Å². The zero-order chi connectivity index (χ0) is 17.9. The molecule has 0 atom stereocenters. The van der Waals surface area contributed by atoms with Gasteiger partial charge in [0.1, 0.15) is 0 Å². The molecule has 2 saturated heterocycles. The first-order chi connectivity index (χ1) is 11.9. The molecule has 0 unspecified atom stereocenters. The van der Waals surface area contributed by atoms with Gasteiger partial charge in [0.15, 0.2) is 0 Å². The topological polar surface area (TPSA) is 56.2 Å². The highest BCUT2D eigenvalue weighted by Crippen LogP contribution is 2.37. The van der Waals surface area contributed by atoms with Crippen molar-refractivity contribution in [3.8, 4) is 0 Å². The first-order valence-corrected chi connectivity index (χ1v) is 9.85. The van der Waals surface area contributed by atoms with E-state index in [1.807, 2.05) is 4.90 Å². The number of aliphatic hydroxyl groups is 1. The van der Waals surface area contributed by atoms with E-state index >= 15 is 0 Å². The molecule has 3 rings (SSSR count). The van der Waals surface area contributed by atoms with Crippen molar-refractivity contribution in [1.82, 2.24) is 14.7 Å². The van der Waals surface area contributed by atoms with Crippen LogP contribution in [0.25, 0.3) is 0 Å². The number of carbonyl (C=O) groups excluding carboxylic acids is 1. The molecular weight excluding hydrogens is 318 g/mol. The van der Waals surface area contributed by atoms with Crippen LogP contribution in [0.2, 0.25) is 0 Å². The van der Waals surface area contributed by atoms with Crippen molar-refractivity contribution < 1.29 is 14.6 Å². The van der Waals surface area contributed by atoms with E-state index in [1.165, 1.54) is 0 Å². The van der Waals surface area contributed by atoms with E-state index in [0.717, 1.165) is 84.6 Å². The second-order valence-corrected chi connectivity index (χ2v) is 8.77. The summed E-state index contributed by atoms with van der Waals surface area (Å²) in [5, 5.41) is 10.3. The summed E-state index contributed by atoms with van der Waals surface area (Å²) in [4.78, 5) is 19.2. The van der Waals surface area contributed by atoms with Gasteiger partial charge in [-0.2, -0.15) is 0 Å². The molecule has 2 aliphatic heterocycles. The number of likely N-dealkylation sites (N-methyl/N-ethyl adjacent to an activating group) is 1. The molecule has 1 aliphatic carbocycles. The fourth-order valence-corrected chi connectivity index (χ4v) is 4.30. The molecule has 1 saturated carbocycles. The average Bonchev–Trinajstić information content (AvgIpc) is 2.74. The summed E-state index contributed by atoms with van der Waals surface area (Å²) in [5.74, 6) is 0.135. The molecule has 1 N–H and O–H groups in total. The lowest BCUT2D eigenvalue weighted by Crippen LogP contribution is -2.51. The Morgan fingerprint density at radius 3 is 2.48 bits per heavy atom. The van der Waals surface area contributed by atoms with Crippen molar-refractivity contribution in [2.45, 2.75) is 44.1 Å². The third-order valence-electron chi connectivity index (χ3n) is 6.32. The van der Waals surface area contributed by atoms with Gasteiger partial charge in [0, 0.05) is 44.7 Å². The average molecular weight is 354 g/mol. The third-order valence-corrected chi connectivity index (χ3v) is 6.32. The molecule has 0 aromatic carbocycles. The minimum absolute atomic E-state index is 0.135. The maximum atomic E-state index is 12.5. The van der Waals surface area contributed by atoms with Gasteiger partial charge in [0.25, 0.3) is 0 Å². The smallest absolute Gasteiger partial charge is 0.225 e. The highest BCUT2D eigenvalue weighted by atomic mass is 16.5. The number of likely N-dealkylation sites (tertiary alicyclic amines) is 1. The quantitative estimate of drug-likeness (QED) is 0.792. The van der Waals surface area contributed by atoms with Gasteiger partial charge in [-0.05, 0) is 46.2 Å². The van der Waals surface area contributed by atoms with Crippen molar-refractivity contribution in [1.29, 1.82) is 0 Å². The molecule has 6 heteroatoms. The van der Waals surface area contributed by atoms with Crippen LogP contribution in [0.4, 0.5) is 0 Å². The molecule has 0 aromatic heterocycles. The first-order valence-electron chi connectivity index (χ1n) is 9.85. The molecule has 6 nitrogen and oxygen atoms in total. The van der Waals surface area contributed by atoms with Gasteiger partial charge in [-0.25, -0.2) is 0 Å². The summed E-state index contributed by atoms with van der Waals surface area (Å²) < 4.78 is 5.93. The third kappa shape index (κ3) is 4.94. The SMILES string of the molecule is CN(C)CCN1CCOCC2(CCN(C(=O)CC3(O)CCC3)CC2)C1. The fraction of sp³-hybridized carbons (Fsp3) is 0.947. The zero-order valence-corrected chi connectivity index (χ0v) is 16.0. The van der Waals surface area contributed by atoms with Crippen molar-refractivity contribution in [2.75, 3.05) is 66.6 Å². The zero-order valence-electron chi connectivity index (χ0n) is 16.0. The summed E-state index contributed by atoms with van der Waals surface area (Å²) in [6, 6.07) is 0. The minimum Gasteiger partial charge on any atom is -0.389 e. The standard InChI is InChI=1S/C19H35N3O3/c1-20(2)10-11-21-12-13-25-16-18(15-21)6-8-22(9-7-18)17(23)14-19(24)4-3-5-19/h24H,3-16H2,1-2H3. The second-order valence-electron chi connectivity index (χ2n) is 8.77. The molecule has 0 radical (unpaired) electrons. The van der Waals surface area contributed by atoms with Crippen LogP contribution in [0.3, 0.4) is 0 Å². The van der Waals surface area contributed by atoms with E-state index in [-0.39, 0.29) is 11.3 Å². The summed E-state index contributed by atoms with van der Waals surface area (Å²) in [7, 11) is 4.23. The number of nitrogens with zero attached hydrogens (tertiary/aromatic N) is 3. The maximum Gasteiger partial charge on any atom is 0.225 e. The Hall–Kier alpha value is -0.690. The van der Waals surface area contributed by atoms with Gasteiger partial charge >= 0.3 is 0 Å². The Morgan fingerprint density at radius 1 is 1.16 bits per heavy atom. The normalized spacial score (nSPS) is 26.5. The Morgan fingerprint density at radius 2 is 1.88 bits per heavy atom. The van der Waals surface area contributed by atoms with Crippen LogP contribution in [0.5, 0.6) is 0 Å². The minimum atomic E-state index is -0.708. The fourth-order valence-electron chi connectivity index (χ4n) is 4.30. The van der Waals surface area contributed by atoms with Crippen LogP contribution in [-0.4, -0.2) is 97.9 Å². The summed E-state index contributed by atoms with van der Waals surface area (Å²) >= 11 is 0.